The molecule has 0 aliphatic heterocycles. The molecule has 3 aromatic heterocycles. The molecular weight excluding hydrogens is 354 g/mol. The van der Waals surface area contributed by atoms with E-state index in [1.807, 2.05) is 42.5 Å². The Hall–Kier alpha value is -3.48. The van der Waals surface area contributed by atoms with Crippen molar-refractivity contribution in [3.63, 3.8) is 0 Å². The number of hydrogen-bond donors (Lipinski definition) is 0. The summed E-state index contributed by atoms with van der Waals surface area (Å²) in [6.45, 7) is 2.09. The zero-order valence-electron chi connectivity index (χ0n) is 16.1. The molecule has 3 heterocycles. The normalized spacial score (nSPS) is 11.1. The fourth-order valence-corrected chi connectivity index (χ4v) is 3.34. The van der Waals surface area contributed by atoms with Crippen LogP contribution in [0.25, 0.3) is 28.2 Å². The first-order valence-corrected chi connectivity index (χ1v) is 9.19. The summed E-state index contributed by atoms with van der Waals surface area (Å²) in [6.07, 6.45) is 3.34. The molecule has 0 saturated carbocycles. The second-order valence-corrected chi connectivity index (χ2v) is 6.49. The zero-order chi connectivity index (χ0) is 19.7. The lowest BCUT2D eigenvalue weighted by atomic mass is 10.1. The molecule has 7 nitrogen and oxygen atoms in total. The highest BCUT2D eigenvalue weighted by atomic mass is 16.5. The molecule has 1 aromatic carbocycles. The van der Waals surface area contributed by atoms with Gasteiger partial charge in [-0.15, -0.1) is 0 Å². The third-order valence-electron chi connectivity index (χ3n) is 4.70. The highest BCUT2D eigenvalue weighted by molar-refractivity contribution is 5.80. The number of fused-ring (bicyclic) bond motifs is 1. The van der Waals surface area contributed by atoms with E-state index in [4.69, 9.17) is 9.72 Å². The average molecular weight is 375 g/mol. The van der Waals surface area contributed by atoms with Gasteiger partial charge in [-0.2, -0.15) is 5.10 Å². The molecule has 0 bridgehead atoms. The van der Waals surface area contributed by atoms with Gasteiger partial charge < -0.3 is 4.74 Å². The molecule has 4 aromatic rings. The van der Waals surface area contributed by atoms with Crippen molar-refractivity contribution in [2.45, 2.75) is 19.8 Å². The molecule has 0 N–H and O–H groups in total. The van der Waals surface area contributed by atoms with Crippen LogP contribution in [-0.2, 0) is 13.5 Å². The van der Waals surface area contributed by atoms with Crippen LogP contribution in [0.4, 0.5) is 0 Å². The Morgan fingerprint density at radius 1 is 1.07 bits per heavy atom. The van der Waals surface area contributed by atoms with Crippen molar-refractivity contribution in [3.8, 4) is 23.0 Å². The number of hydrogen-bond acceptors (Lipinski definition) is 5. The average Bonchev–Trinajstić information content (AvgIpc) is 3.10. The first-order valence-electron chi connectivity index (χ1n) is 9.19. The Bertz CT molecular complexity index is 1190. The predicted octanol–water partition coefficient (Wildman–Crippen LogP) is 3.14. The number of benzene rings is 1. The Kier molecular flexibility index (Phi) is 4.65. The topological polar surface area (TPSA) is 74.8 Å². The molecule has 0 aliphatic carbocycles. The summed E-state index contributed by atoms with van der Waals surface area (Å²) >= 11 is 0. The summed E-state index contributed by atoms with van der Waals surface area (Å²) in [5.74, 6) is 1.89. The molecule has 0 fully saturated rings. The quantitative estimate of drug-likeness (QED) is 0.536. The lowest BCUT2D eigenvalue weighted by molar-refractivity contribution is 0.416. The largest absolute Gasteiger partial charge is 0.496 e. The van der Waals surface area contributed by atoms with Crippen molar-refractivity contribution in [1.82, 2.24) is 24.3 Å². The summed E-state index contributed by atoms with van der Waals surface area (Å²) in [4.78, 5) is 22.4. The molecule has 7 heteroatoms. The second-order valence-electron chi connectivity index (χ2n) is 6.49. The van der Waals surface area contributed by atoms with Crippen LogP contribution in [0.1, 0.15) is 19.0 Å². The van der Waals surface area contributed by atoms with E-state index < -0.39 is 0 Å². The summed E-state index contributed by atoms with van der Waals surface area (Å²) in [5, 5.41) is 4.57. The lowest BCUT2D eigenvalue weighted by Gasteiger charge is -2.11. The Balaban J connectivity index is 2.05. The maximum absolute atomic E-state index is 13.1. The van der Waals surface area contributed by atoms with Gasteiger partial charge in [0, 0.05) is 13.2 Å². The summed E-state index contributed by atoms with van der Waals surface area (Å²) in [5.41, 5.74) is 2.40. The van der Waals surface area contributed by atoms with Gasteiger partial charge in [-0.05, 0) is 30.7 Å². The van der Waals surface area contributed by atoms with Gasteiger partial charge in [-0.3, -0.25) is 9.36 Å². The van der Waals surface area contributed by atoms with Crippen LogP contribution in [0.2, 0.25) is 0 Å². The minimum atomic E-state index is -0.196. The maximum atomic E-state index is 13.1. The van der Waals surface area contributed by atoms with Gasteiger partial charge in [0.1, 0.15) is 17.1 Å². The second kappa shape index (κ2) is 7.26. The van der Waals surface area contributed by atoms with E-state index in [1.54, 1.807) is 25.0 Å². The SMILES string of the molecule is CCCc1c2nc(-c3ccccc3OC)n(C)c(=O)c2nn1-c1ccccn1. The van der Waals surface area contributed by atoms with Crippen LogP contribution in [-0.4, -0.2) is 31.4 Å². The number of aryl methyl sites for hydroxylation is 1. The molecule has 0 atom stereocenters. The van der Waals surface area contributed by atoms with Crippen LogP contribution in [0.5, 0.6) is 5.75 Å². The third-order valence-corrected chi connectivity index (χ3v) is 4.70. The number of aromatic nitrogens is 5. The lowest BCUT2D eigenvalue weighted by Crippen LogP contribution is -2.20. The van der Waals surface area contributed by atoms with E-state index in [1.165, 1.54) is 4.57 Å². The molecule has 0 spiro atoms. The molecule has 0 radical (unpaired) electrons. The van der Waals surface area contributed by atoms with Crippen molar-refractivity contribution in [1.29, 1.82) is 0 Å². The van der Waals surface area contributed by atoms with Crippen molar-refractivity contribution in [3.05, 3.63) is 64.7 Å². The van der Waals surface area contributed by atoms with E-state index in [-0.39, 0.29) is 5.56 Å². The van der Waals surface area contributed by atoms with Crippen molar-refractivity contribution >= 4 is 11.0 Å². The van der Waals surface area contributed by atoms with Crippen LogP contribution in [0, 0.1) is 0 Å². The van der Waals surface area contributed by atoms with Crippen LogP contribution in [0.15, 0.2) is 53.5 Å². The van der Waals surface area contributed by atoms with Crippen molar-refractivity contribution in [2.75, 3.05) is 7.11 Å². The fraction of sp³-hybridized carbons (Fsp3) is 0.238. The number of methoxy groups -OCH3 is 1. The molecule has 0 amide bonds. The number of ether oxygens (including phenoxy) is 1. The molecule has 142 valence electrons. The van der Waals surface area contributed by atoms with Crippen molar-refractivity contribution < 1.29 is 4.74 Å². The smallest absolute Gasteiger partial charge is 0.281 e. The molecular formula is C21H21N5O2. The van der Waals surface area contributed by atoms with E-state index >= 15 is 0 Å². The molecule has 0 aliphatic rings. The highest BCUT2D eigenvalue weighted by Gasteiger charge is 2.21. The standard InChI is InChI=1S/C21H21N5O2/c1-4-9-15-18-19(24-26(15)17-12-7-8-13-22-17)21(27)25(2)20(23-18)14-10-5-6-11-16(14)28-3/h5-8,10-13H,4,9H2,1-3H3. The minimum Gasteiger partial charge on any atom is -0.496 e. The summed E-state index contributed by atoms with van der Waals surface area (Å²) in [7, 11) is 3.31. The van der Waals surface area contributed by atoms with Gasteiger partial charge in [0.05, 0.1) is 18.4 Å². The van der Waals surface area contributed by atoms with Crippen LogP contribution < -0.4 is 10.3 Å². The van der Waals surface area contributed by atoms with Crippen LogP contribution >= 0.6 is 0 Å². The van der Waals surface area contributed by atoms with E-state index in [0.29, 0.717) is 28.4 Å². The summed E-state index contributed by atoms with van der Waals surface area (Å²) < 4.78 is 8.72. The van der Waals surface area contributed by atoms with Crippen LogP contribution in [0.3, 0.4) is 0 Å². The summed E-state index contributed by atoms with van der Waals surface area (Å²) in [6, 6.07) is 13.2. The van der Waals surface area contributed by atoms with E-state index in [0.717, 1.165) is 24.1 Å². The predicted molar refractivity (Wildman–Crippen MR) is 108 cm³/mol. The van der Waals surface area contributed by atoms with Gasteiger partial charge in [-0.25, -0.2) is 14.6 Å². The van der Waals surface area contributed by atoms with Gasteiger partial charge >= 0.3 is 0 Å². The molecule has 4 rings (SSSR count). The van der Waals surface area contributed by atoms with Gasteiger partial charge in [-0.1, -0.05) is 31.5 Å². The molecule has 0 saturated heterocycles. The fourth-order valence-electron chi connectivity index (χ4n) is 3.34. The number of rotatable bonds is 5. The first-order chi connectivity index (χ1) is 13.7. The van der Waals surface area contributed by atoms with Gasteiger partial charge in [0.2, 0.25) is 0 Å². The van der Waals surface area contributed by atoms with Gasteiger partial charge in [0.25, 0.3) is 5.56 Å². The molecule has 0 unspecified atom stereocenters. The third kappa shape index (κ3) is 2.85. The number of nitrogens with zero attached hydrogens (tertiary/aromatic N) is 5. The van der Waals surface area contributed by atoms with Crippen molar-refractivity contribution in [2.24, 2.45) is 7.05 Å². The first kappa shape index (κ1) is 17.9. The van der Waals surface area contributed by atoms with E-state index in [2.05, 4.69) is 17.0 Å². The highest BCUT2D eigenvalue weighted by Crippen LogP contribution is 2.29. The minimum absolute atomic E-state index is 0.196. The zero-order valence-corrected chi connectivity index (χ0v) is 16.1. The number of para-hydroxylation sites is 1. The van der Waals surface area contributed by atoms with E-state index in [9.17, 15) is 4.79 Å². The van der Waals surface area contributed by atoms with Gasteiger partial charge in [0.15, 0.2) is 11.3 Å². The molecule has 28 heavy (non-hydrogen) atoms. The number of pyridine rings is 1. The monoisotopic (exact) mass is 375 g/mol. The Morgan fingerprint density at radius 3 is 2.57 bits per heavy atom. The Labute approximate surface area is 162 Å². The Morgan fingerprint density at radius 2 is 1.86 bits per heavy atom. The maximum Gasteiger partial charge on any atom is 0.281 e.